The van der Waals surface area contributed by atoms with Gasteiger partial charge in [-0.05, 0) is 29.2 Å². The van der Waals surface area contributed by atoms with E-state index in [9.17, 15) is 4.79 Å². The molecule has 0 spiro atoms. The average Bonchev–Trinajstić information content (AvgIpc) is 3.11. The molecule has 0 unspecified atom stereocenters. The van der Waals surface area contributed by atoms with Crippen molar-refractivity contribution in [3.05, 3.63) is 58.1 Å². The summed E-state index contributed by atoms with van der Waals surface area (Å²) in [5.74, 6) is 0.611. The molecular weight excluding hydrogens is 415 g/mol. The quantitative estimate of drug-likeness (QED) is 0.497. The highest BCUT2D eigenvalue weighted by molar-refractivity contribution is 7.99. The number of aromatic nitrogens is 3. The lowest BCUT2D eigenvalue weighted by Gasteiger charge is -2.18. The predicted octanol–water partition coefficient (Wildman–Crippen LogP) is 5.81. The molecule has 3 aromatic rings. The highest BCUT2D eigenvalue weighted by Crippen LogP contribution is 2.27. The van der Waals surface area contributed by atoms with Crippen molar-refractivity contribution in [1.82, 2.24) is 15.2 Å². The number of benzene rings is 2. The number of amides is 1. The van der Waals surface area contributed by atoms with Gasteiger partial charge >= 0.3 is 0 Å². The first-order valence-electron chi connectivity index (χ1n) is 8.63. The van der Waals surface area contributed by atoms with Gasteiger partial charge in [-0.1, -0.05) is 80.0 Å². The summed E-state index contributed by atoms with van der Waals surface area (Å²) in [6.45, 7) is 6.52. The smallest absolute Gasteiger partial charge is 0.234 e. The third kappa shape index (κ3) is 5.28. The number of carbonyl (C=O) groups is 1. The van der Waals surface area contributed by atoms with E-state index < -0.39 is 0 Å². The molecule has 0 atom stereocenters. The van der Waals surface area contributed by atoms with Crippen LogP contribution in [0.25, 0.3) is 11.4 Å². The minimum atomic E-state index is -0.213. The first kappa shape index (κ1) is 20.7. The molecular formula is C20H20Cl2N4OS. The lowest BCUT2D eigenvalue weighted by atomic mass is 9.87. The van der Waals surface area contributed by atoms with Gasteiger partial charge < -0.3 is 5.32 Å². The molecule has 2 aromatic carbocycles. The number of halogens is 2. The van der Waals surface area contributed by atoms with Crippen LogP contribution in [-0.4, -0.2) is 26.8 Å². The fourth-order valence-electron chi connectivity index (χ4n) is 2.48. The second kappa shape index (κ2) is 8.55. The zero-order chi connectivity index (χ0) is 20.3. The number of aromatic amines is 1. The van der Waals surface area contributed by atoms with Crippen LogP contribution in [0.5, 0.6) is 0 Å². The number of hydrogen-bond donors (Lipinski definition) is 2. The van der Waals surface area contributed by atoms with E-state index in [1.54, 1.807) is 18.2 Å². The highest BCUT2D eigenvalue weighted by Gasteiger charge is 2.14. The van der Waals surface area contributed by atoms with Crippen molar-refractivity contribution in [1.29, 1.82) is 0 Å². The molecule has 0 saturated carbocycles. The van der Waals surface area contributed by atoms with E-state index in [4.69, 9.17) is 23.2 Å². The molecule has 2 N–H and O–H groups in total. The van der Waals surface area contributed by atoms with Gasteiger partial charge in [0.25, 0.3) is 0 Å². The van der Waals surface area contributed by atoms with Gasteiger partial charge in [-0.15, -0.1) is 5.10 Å². The molecule has 5 nitrogen and oxygen atoms in total. The summed E-state index contributed by atoms with van der Waals surface area (Å²) in [7, 11) is 0. The molecule has 0 bridgehead atoms. The Labute approximate surface area is 178 Å². The van der Waals surface area contributed by atoms with Crippen LogP contribution in [0.15, 0.2) is 47.6 Å². The predicted molar refractivity (Wildman–Crippen MR) is 116 cm³/mol. The normalized spacial score (nSPS) is 11.5. The van der Waals surface area contributed by atoms with E-state index >= 15 is 0 Å². The van der Waals surface area contributed by atoms with Crippen molar-refractivity contribution in [2.75, 3.05) is 11.1 Å². The van der Waals surface area contributed by atoms with Crippen LogP contribution >= 0.6 is 35.0 Å². The molecule has 0 saturated heterocycles. The van der Waals surface area contributed by atoms with Gasteiger partial charge in [0.1, 0.15) is 0 Å². The molecule has 146 valence electrons. The van der Waals surface area contributed by atoms with Crippen molar-refractivity contribution >= 4 is 46.6 Å². The Morgan fingerprint density at radius 1 is 1.14 bits per heavy atom. The van der Waals surface area contributed by atoms with Crippen LogP contribution in [0, 0.1) is 0 Å². The summed E-state index contributed by atoms with van der Waals surface area (Å²) in [6.07, 6.45) is 0. The lowest BCUT2D eigenvalue weighted by Crippen LogP contribution is -2.14. The molecule has 8 heteroatoms. The zero-order valence-electron chi connectivity index (χ0n) is 15.7. The minimum absolute atomic E-state index is 0.0974. The maximum absolute atomic E-state index is 12.2. The van der Waals surface area contributed by atoms with Gasteiger partial charge in [-0.25, -0.2) is 4.98 Å². The van der Waals surface area contributed by atoms with Crippen molar-refractivity contribution in [2.45, 2.75) is 31.3 Å². The number of H-pyrrole nitrogens is 1. The summed E-state index contributed by atoms with van der Waals surface area (Å²) in [5.41, 5.74) is 2.78. The van der Waals surface area contributed by atoms with Crippen LogP contribution < -0.4 is 5.32 Å². The van der Waals surface area contributed by atoms with E-state index in [2.05, 4.69) is 53.4 Å². The fraction of sp³-hybridized carbons (Fsp3) is 0.250. The first-order chi connectivity index (χ1) is 13.2. The highest BCUT2D eigenvalue weighted by atomic mass is 35.5. The molecule has 0 radical (unpaired) electrons. The Morgan fingerprint density at radius 2 is 1.86 bits per heavy atom. The SMILES string of the molecule is CC(C)(C)c1ccc(-c2nc(SCC(=O)Nc3cc(Cl)ccc3Cl)n[nH]2)cc1. The van der Waals surface area contributed by atoms with E-state index in [0.29, 0.717) is 26.7 Å². The van der Waals surface area contributed by atoms with Gasteiger partial charge in [-0.2, -0.15) is 0 Å². The van der Waals surface area contributed by atoms with Gasteiger partial charge in [0, 0.05) is 10.6 Å². The maximum Gasteiger partial charge on any atom is 0.234 e. The van der Waals surface area contributed by atoms with Gasteiger partial charge in [0.2, 0.25) is 11.1 Å². The summed E-state index contributed by atoms with van der Waals surface area (Å²) in [6, 6.07) is 13.1. The maximum atomic E-state index is 12.2. The average molecular weight is 435 g/mol. The third-order valence-electron chi connectivity index (χ3n) is 4.02. The third-order valence-corrected chi connectivity index (χ3v) is 5.44. The standard InChI is InChI=1S/C20H20Cl2N4OS/c1-20(2,3)13-6-4-12(5-7-13)18-24-19(26-25-18)28-11-17(27)23-16-10-14(21)8-9-15(16)22/h4-10H,11H2,1-3H3,(H,23,27)(H,24,25,26). The van der Waals surface area contributed by atoms with E-state index in [-0.39, 0.29) is 17.1 Å². The summed E-state index contributed by atoms with van der Waals surface area (Å²) in [5, 5.41) is 11.3. The summed E-state index contributed by atoms with van der Waals surface area (Å²) < 4.78 is 0. The molecule has 3 rings (SSSR count). The lowest BCUT2D eigenvalue weighted by molar-refractivity contribution is -0.113. The Hall–Kier alpha value is -2.02. The molecule has 0 aliphatic rings. The molecule has 1 amide bonds. The van der Waals surface area contributed by atoms with E-state index in [1.165, 1.54) is 17.3 Å². The van der Waals surface area contributed by atoms with Gasteiger partial charge in [0.15, 0.2) is 5.82 Å². The monoisotopic (exact) mass is 434 g/mol. The number of rotatable bonds is 5. The molecule has 1 heterocycles. The van der Waals surface area contributed by atoms with Crippen molar-refractivity contribution in [3.63, 3.8) is 0 Å². The van der Waals surface area contributed by atoms with Crippen LogP contribution in [0.3, 0.4) is 0 Å². The second-order valence-electron chi connectivity index (χ2n) is 7.25. The fourth-order valence-corrected chi connectivity index (χ4v) is 3.41. The van der Waals surface area contributed by atoms with Crippen LogP contribution in [0.2, 0.25) is 10.0 Å². The summed E-state index contributed by atoms with van der Waals surface area (Å²) >= 11 is 13.2. The Bertz CT molecular complexity index is 981. The van der Waals surface area contributed by atoms with Crippen molar-refractivity contribution in [2.24, 2.45) is 0 Å². The van der Waals surface area contributed by atoms with Crippen LogP contribution in [0.4, 0.5) is 5.69 Å². The molecule has 0 aliphatic heterocycles. The summed E-state index contributed by atoms with van der Waals surface area (Å²) in [4.78, 5) is 16.6. The Kier molecular flexibility index (Phi) is 6.33. The molecule has 0 aliphatic carbocycles. The number of carbonyl (C=O) groups excluding carboxylic acids is 1. The van der Waals surface area contributed by atoms with Crippen molar-refractivity contribution in [3.8, 4) is 11.4 Å². The topological polar surface area (TPSA) is 70.7 Å². The number of anilines is 1. The number of nitrogens with one attached hydrogen (secondary N) is 2. The molecule has 1 aromatic heterocycles. The zero-order valence-corrected chi connectivity index (χ0v) is 18.0. The Morgan fingerprint density at radius 3 is 2.54 bits per heavy atom. The second-order valence-corrected chi connectivity index (χ2v) is 9.04. The Balaban J connectivity index is 1.60. The first-order valence-corrected chi connectivity index (χ1v) is 10.4. The number of thioether (sulfide) groups is 1. The van der Waals surface area contributed by atoms with Crippen molar-refractivity contribution < 1.29 is 4.79 Å². The molecule has 0 fully saturated rings. The minimum Gasteiger partial charge on any atom is -0.324 e. The van der Waals surface area contributed by atoms with Gasteiger partial charge in [-0.3, -0.25) is 9.89 Å². The van der Waals surface area contributed by atoms with Gasteiger partial charge in [0.05, 0.1) is 16.5 Å². The molecule has 28 heavy (non-hydrogen) atoms. The largest absolute Gasteiger partial charge is 0.324 e. The van der Waals surface area contributed by atoms with E-state index in [0.717, 1.165) is 5.56 Å². The van der Waals surface area contributed by atoms with Crippen LogP contribution in [0.1, 0.15) is 26.3 Å². The van der Waals surface area contributed by atoms with E-state index in [1.807, 2.05) is 12.1 Å². The number of hydrogen-bond acceptors (Lipinski definition) is 4. The number of nitrogens with zero attached hydrogens (tertiary/aromatic N) is 2. The van der Waals surface area contributed by atoms with Crippen LogP contribution in [-0.2, 0) is 10.2 Å².